The highest BCUT2D eigenvalue weighted by Crippen LogP contribution is 2.22. The Balaban J connectivity index is 2.46. The molecule has 1 aliphatic heterocycles. The van der Waals surface area contributed by atoms with Gasteiger partial charge >= 0.3 is 0 Å². The number of hydrogen-bond acceptors (Lipinski definition) is 10. The SMILES string of the molecule is CCCCCC(=O)N[C@@H](CO[C@@H]1O[C@H](CO)[C@@H](O)[C@H](O)[C@H]1O)C(=O)NCCCCCC(=O)NCCCCCCN. The number of rotatable bonds is 22. The number of hydrogen-bond donors (Lipinski definition) is 8. The monoisotopic (exact) mass is 576 g/mol. The lowest BCUT2D eigenvalue weighted by Gasteiger charge is -2.39. The van der Waals surface area contributed by atoms with Crippen molar-refractivity contribution >= 4 is 17.7 Å². The van der Waals surface area contributed by atoms with Gasteiger partial charge in [0.25, 0.3) is 0 Å². The molecule has 0 aromatic heterocycles. The van der Waals surface area contributed by atoms with Crippen molar-refractivity contribution in [2.75, 3.05) is 32.8 Å². The van der Waals surface area contributed by atoms with E-state index in [0.717, 1.165) is 44.9 Å². The van der Waals surface area contributed by atoms with Crippen molar-refractivity contribution in [3.05, 3.63) is 0 Å². The standard InChI is InChI=1S/C27H52N4O9/c1-2-3-7-13-22(34)31-19(18-39-27-25(37)24(36)23(35)20(17-32)40-27)26(38)30-16-11-6-8-12-21(33)29-15-10-5-4-9-14-28/h19-20,23-25,27,32,35-37H,2-18,28H2,1H3,(H,29,33)(H,30,38)(H,31,34)/t19-,20+,23+,24-,25+,27+/m0/s1. The van der Waals surface area contributed by atoms with Crippen molar-refractivity contribution in [3.63, 3.8) is 0 Å². The van der Waals surface area contributed by atoms with Crippen LogP contribution in [0.4, 0.5) is 0 Å². The van der Waals surface area contributed by atoms with Crippen LogP contribution >= 0.6 is 0 Å². The van der Waals surface area contributed by atoms with Crippen LogP contribution in [-0.4, -0.2) is 108 Å². The average molecular weight is 577 g/mol. The van der Waals surface area contributed by atoms with Crippen LogP contribution in [-0.2, 0) is 23.9 Å². The van der Waals surface area contributed by atoms with Gasteiger partial charge in [-0.15, -0.1) is 0 Å². The summed E-state index contributed by atoms with van der Waals surface area (Å²) in [5.74, 6) is -0.795. The predicted molar refractivity (Wildman–Crippen MR) is 148 cm³/mol. The summed E-state index contributed by atoms with van der Waals surface area (Å²) in [6.07, 6.45) is 1.94. The van der Waals surface area contributed by atoms with Crippen LogP contribution in [0.1, 0.15) is 84.0 Å². The summed E-state index contributed by atoms with van der Waals surface area (Å²) in [5.41, 5.74) is 5.46. The summed E-state index contributed by atoms with van der Waals surface area (Å²) >= 11 is 0. The van der Waals surface area contributed by atoms with E-state index < -0.39 is 49.3 Å². The summed E-state index contributed by atoms with van der Waals surface area (Å²) in [6, 6.07) is -1.09. The molecule has 1 rings (SSSR count). The third kappa shape index (κ3) is 14.7. The van der Waals surface area contributed by atoms with Crippen molar-refractivity contribution in [1.29, 1.82) is 0 Å². The first-order valence-corrected chi connectivity index (χ1v) is 14.7. The number of unbranched alkanes of at least 4 members (excludes halogenated alkanes) is 7. The van der Waals surface area contributed by atoms with Gasteiger partial charge in [-0.2, -0.15) is 0 Å². The van der Waals surface area contributed by atoms with E-state index in [4.69, 9.17) is 15.2 Å². The Bertz CT molecular complexity index is 713. The molecule has 40 heavy (non-hydrogen) atoms. The first kappa shape index (κ1) is 36.2. The number of nitrogens with two attached hydrogens (primary N) is 1. The molecule has 0 bridgehead atoms. The lowest BCUT2D eigenvalue weighted by molar-refractivity contribution is -0.301. The van der Waals surface area contributed by atoms with E-state index in [-0.39, 0.29) is 24.8 Å². The van der Waals surface area contributed by atoms with Crippen LogP contribution in [0, 0.1) is 0 Å². The van der Waals surface area contributed by atoms with Crippen molar-refractivity contribution in [2.45, 2.75) is 121 Å². The molecule has 0 radical (unpaired) electrons. The summed E-state index contributed by atoms with van der Waals surface area (Å²) in [6.45, 7) is 2.73. The average Bonchev–Trinajstić information content (AvgIpc) is 2.94. The Morgan fingerprint density at radius 3 is 2.12 bits per heavy atom. The maximum Gasteiger partial charge on any atom is 0.244 e. The van der Waals surface area contributed by atoms with Gasteiger partial charge in [-0.3, -0.25) is 14.4 Å². The quantitative estimate of drug-likeness (QED) is 0.0750. The molecular formula is C27H52N4O9. The molecular weight excluding hydrogens is 524 g/mol. The minimum atomic E-state index is -1.62. The molecule has 1 aliphatic rings. The van der Waals surface area contributed by atoms with Gasteiger partial charge in [0.05, 0.1) is 13.2 Å². The Morgan fingerprint density at radius 1 is 0.825 bits per heavy atom. The zero-order valence-electron chi connectivity index (χ0n) is 23.9. The predicted octanol–water partition coefficient (Wildman–Crippen LogP) is -0.820. The summed E-state index contributed by atoms with van der Waals surface area (Å²) in [4.78, 5) is 37.2. The molecule has 6 atom stereocenters. The zero-order chi connectivity index (χ0) is 29.8. The van der Waals surface area contributed by atoms with Crippen LogP contribution in [0.3, 0.4) is 0 Å². The Hall–Kier alpha value is -1.87. The first-order chi connectivity index (χ1) is 19.2. The molecule has 13 heteroatoms. The van der Waals surface area contributed by atoms with Gasteiger partial charge in [0, 0.05) is 25.9 Å². The second kappa shape index (κ2) is 21.8. The molecule has 1 fully saturated rings. The third-order valence-electron chi connectivity index (χ3n) is 6.77. The lowest BCUT2D eigenvalue weighted by atomic mass is 9.99. The van der Waals surface area contributed by atoms with Gasteiger partial charge < -0.3 is 51.6 Å². The van der Waals surface area contributed by atoms with Gasteiger partial charge in [0.1, 0.15) is 30.5 Å². The highest BCUT2D eigenvalue weighted by Gasteiger charge is 2.44. The third-order valence-corrected chi connectivity index (χ3v) is 6.77. The number of aliphatic hydroxyl groups excluding tert-OH is 4. The van der Waals surface area contributed by atoms with Gasteiger partial charge in [0.2, 0.25) is 17.7 Å². The van der Waals surface area contributed by atoms with Crippen LogP contribution < -0.4 is 21.7 Å². The second-order valence-corrected chi connectivity index (χ2v) is 10.3. The summed E-state index contributed by atoms with van der Waals surface area (Å²) in [5, 5.41) is 47.8. The lowest BCUT2D eigenvalue weighted by Crippen LogP contribution is -2.60. The highest BCUT2D eigenvalue weighted by atomic mass is 16.7. The Labute approximate surface area is 237 Å². The Kier molecular flexibility index (Phi) is 19.7. The van der Waals surface area contributed by atoms with Crippen LogP contribution in [0.5, 0.6) is 0 Å². The molecule has 234 valence electrons. The molecule has 3 amide bonds. The fourth-order valence-corrected chi connectivity index (χ4v) is 4.24. The number of amides is 3. The molecule has 0 saturated carbocycles. The molecule has 0 spiro atoms. The topological polar surface area (TPSA) is 213 Å². The fourth-order valence-electron chi connectivity index (χ4n) is 4.24. The van der Waals surface area contributed by atoms with E-state index in [1.54, 1.807) is 0 Å². The number of carbonyl (C=O) groups is 3. The smallest absolute Gasteiger partial charge is 0.244 e. The first-order valence-electron chi connectivity index (χ1n) is 14.7. The van der Waals surface area contributed by atoms with Crippen molar-refractivity contribution in [1.82, 2.24) is 16.0 Å². The van der Waals surface area contributed by atoms with Crippen LogP contribution in [0.15, 0.2) is 0 Å². The summed E-state index contributed by atoms with van der Waals surface area (Å²) < 4.78 is 10.8. The maximum absolute atomic E-state index is 12.8. The normalized spacial score (nSPS) is 23.4. The van der Waals surface area contributed by atoms with E-state index >= 15 is 0 Å². The minimum absolute atomic E-state index is 0.0130. The van der Waals surface area contributed by atoms with Gasteiger partial charge in [-0.05, 0) is 38.6 Å². The van der Waals surface area contributed by atoms with Gasteiger partial charge in [0.15, 0.2) is 6.29 Å². The van der Waals surface area contributed by atoms with E-state index in [1.165, 1.54) is 0 Å². The number of carbonyl (C=O) groups excluding carboxylic acids is 3. The number of nitrogens with one attached hydrogen (secondary N) is 3. The molecule has 0 aliphatic carbocycles. The van der Waals surface area contributed by atoms with E-state index in [2.05, 4.69) is 16.0 Å². The van der Waals surface area contributed by atoms with Gasteiger partial charge in [-0.1, -0.05) is 39.0 Å². The van der Waals surface area contributed by atoms with E-state index in [0.29, 0.717) is 45.3 Å². The molecule has 1 heterocycles. The van der Waals surface area contributed by atoms with Crippen LogP contribution in [0.25, 0.3) is 0 Å². The minimum Gasteiger partial charge on any atom is -0.394 e. The fraction of sp³-hybridized carbons (Fsp3) is 0.889. The molecule has 0 unspecified atom stereocenters. The van der Waals surface area contributed by atoms with Gasteiger partial charge in [-0.25, -0.2) is 0 Å². The maximum atomic E-state index is 12.8. The highest BCUT2D eigenvalue weighted by molar-refractivity contribution is 5.87. The van der Waals surface area contributed by atoms with E-state index in [1.807, 2.05) is 6.92 Å². The molecule has 0 aromatic rings. The molecule has 0 aromatic carbocycles. The molecule has 13 nitrogen and oxygen atoms in total. The van der Waals surface area contributed by atoms with Crippen LogP contribution in [0.2, 0.25) is 0 Å². The summed E-state index contributed by atoms with van der Waals surface area (Å²) in [7, 11) is 0. The van der Waals surface area contributed by atoms with E-state index in [9.17, 15) is 34.8 Å². The second-order valence-electron chi connectivity index (χ2n) is 10.3. The van der Waals surface area contributed by atoms with Crippen molar-refractivity contribution < 1.29 is 44.3 Å². The zero-order valence-corrected chi connectivity index (χ0v) is 23.9. The van der Waals surface area contributed by atoms with Crippen molar-refractivity contribution in [2.24, 2.45) is 5.73 Å². The molecule has 1 saturated heterocycles. The number of aliphatic hydroxyl groups is 4. The molecule has 9 N–H and O–H groups in total. The van der Waals surface area contributed by atoms with Crippen molar-refractivity contribution in [3.8, 4) is 0 Å². The Morgan fingerprint density at radius 2 is 1.45 bits per heavy atom. The number of ether oxygens (including phenoxy) is 2. The largest absolute Gasteiger partial charge is 0.394 e.